The molecule has 1 heterocycles. The van der Waals surface area contributed by atoms with Gasteiger partial charge >= 0.3 is 0 Å². The standard InChI is InChI=1S/C34H36N/c1-23-12-6-7-13-26(23)32-21-27(24(2)22-35(32)5)25-16-17-29-31(20-25)34(18-10-11-19-34)30-15-9-8-14-28(30)33(29,3)4/h6-9,12-17,20-22H,10-11,18-19H2,1-5H3/q+1/i3D3. The molecule has 0 radical (unpaired) electrons. The number of nitrogens with zero attached hydrogens (tertiary/aromatic N) is 1. The van der Waals surface area contributed by atoms with Gasteiger partial charge in [0.2, 0.25) is 5.69 Å². The highest BCUT2D eigenvalue weighted by molar-refractivity contribution is 5.75. The van der Waals surface area contributed by atoms with Crippen LogP contribution in [0.15, 0.2) is 79.0 Å². The fourth-order valence-electron chi connectivity index (χ4n) is 6.91. The Kier molecular flexibility index (Phi) is 4.31. The van der Waals surface area contributed by atoms with Crippen molar-refractivity contribution < 1.29 is 8.68 Å². The molecule has 176 valence electrons. The molecular formula is C34H36N+. The number of aromatic nitrogens is 1. The Morgan fingerprint density at radius 1 is 0.743 bits per heavy atom. The van der Waals surface area contributed by atoms with E-state index >= 15 is 0 Å². The summed E-state index contributed by atoms with van der Waals surface area (Å²) in [5.74, 6) is 0. The van der Waals surface area contributed by atoms with Crippen molar-refractivity contribution in [2.24, 2.45) is 7.05 Å². The number of benzene rings is 3. The monoisotopic (exact) mass is 461 g/mol. The molecule has 35 heavy (non-hydrogen) atoms. The van der Waals surface area contributed by atoms with Crippen molar-refractivity contribution in [2.45, 2.75) is 64.1 Å². The fraction of sp³-hybridized carbons (Fsp3) is 0.324. The van der Waals surface area contributed by atoms with Gasteiger partial charge in [0.1, 0.15) is 7.05 Å². The summed E-state index contributed by atoms with van der Waals surface area (Å²) >= 11 is 0. The van der Waals surface area contributed by atoms with E-state index in [2.05, 4.69) is 98.4 Å². The molecular weight excluding hydrogens is 422 g/mol. The van der Waals surface area contributed by atoms with E-state index in [-0.39, 0.29) is 5.41 Å². The van der Waals surface area contributed by atoms with Gasteiger partial charge in [0.05, 0.1) is 0 Å². The second-order valence-electron chi connectivity index (χ2n) is 10.9. The number of rotatable bonds is 2. The molecule has 1 atom stereocenters. The minimum Gasteiger partial charge on any atom is -0.201 e. The third-order valence-electron chi connectivity index (χ3n) is 8.72. The summed E-state index contributed by atoms with van der Waals surface area (Å²) in [5, 5.41) is 0. The van der Waals surface area contributed by atoms with Crippen molar-refractivity contribution in [3.63, 3.8) is 0 Å². The number of hydrogen-bond donors (Lipinski definition) is 0. The van der Waals surface area contributed by atoms with Crippen molar-refractivity contribution in [1.29, 1.82) is 0 Å². The molecule has 2 aliphatic rings. The molecule has 1 unspecified atom stereocenters. The maximum absolute atomic E-state index is 8.69. The first-order chi connectivity index (χ1) is 18.1. The van der Waals surface area contributed by atoms with E-state index in [4.69, 9.17) is 4.11 Å². The van der Waals surface area contributed by atoms with Gasteiger partial charge in [0, 0.05) is 32.1 Å². The zero-order valence-corrected chi connectivity index (χ0v) is 21.3. The Hall–Kier alpha value is -3.19. The average molecular weight is 462 g/mol. The highest BCUT2D eigenvalue weighted by Gasteiger charge is 2.47. The smallest absolute Gasteiger partial charge is 0.201 e. The molecule has 6 rings (SSSR count). The van der Waals surface area contributed by atoms with Crippen LogP contribution in [0.25, 0.3) is 22.4 Å². The number of hydrogen-bond acceptors (Lipinski definition) is 0. The Bertz CT molecular complexity index is 1560. The van der Waals surface area contributed by atoms with Crippen LogP contribution in [0.5, 0.6) is 0 Å². The van der Waals surface area contributed by atoms with Crippen LogP contribution in [0.1, 0.15) is 77.0 Å². The normalized spacial score (nSPS) is 21.7. The molecule has 2 aliphatic carbocycles. The van der Waals surface area contributed by atoms with Crippen LogP contribution in [0.4, 0.5) is 0 Å². The predicted molar refractivity (Wildman–Crippen MR) is 146 cm³/mol. The van der Waals surface area contributed by atoms with Crippen molar-refractivity contribution in [3.8, 4) is 22.4 Å². The minimum atomic E-state index is -2.16. The predicted octanol–water partition coefficient (Wildman–Crippen LogP) is 7.96. The van der Waals surface area contributed by atoms with Gasteiger partial charge in [-0.25, -0.2) is 4.57 Å². The number of fused-ring (bicyclic) bond motifs is 4. The van der Waals surface area contributed by atoms with Gasteiger partial charge in [-0.05, 0) is 77.8 Å². The van der Waals surface area contributed by atoms with Crippen LogP contribution in [0.2, 0.25) is 0 Å². The average Bonchev–Trinajstić information content (AvgIpc) is 3.38. The topological polar surface area (TPSA) is 3.88 Å². The van der Waals surface area contributed by atoms with Gasteiger partial charge in [-0.2, -0.15) is 0 Å². The molecule has 0 saturated heterocycles. The molecule has 0 amide bonds. The zero-order valence-electron chi connectivity index (χ0n) is 24.3. The van der Waals surface area contributed by atoms with Gasteiger partial charge < -0.3 is 0 Å². The van der Waals surface area contributed by atoms with E-state index in [1.165, 1.54) is 51.9 Å². The molecule has 0 N–H and O–H groups in total. The Balaban J connectivity index is 1.62. The van der Waals surface area contributed by atoms with Crippen LogP contribution in [0, 0.1) is 13.8 Å². The van der Waals surface area contributed by atoms with Gasteiger partial charge in [-0.15, -0.1) is 0 Å². The second kappa shape index (κ2) is 7.92. The molecule has 1 fully saturated rings. The molecule has 1 nitrogen and oxygen atoms in total. The molecule has 1 heteroatoms. The minimum absolute atomic E-state index is 0.126. The largest absolute Gasteiger partial charge is 0.213 e. The van der Waals surface area contributed by atoms with Gasteiger partial charge in [0.25, 0.3) is 0 Å². The maximum atomic E-state index is 8.69. The molecule has 1 aromatic heterocycles. The van der Waals surface area contributed by atoms with E-state index in [0.717, 1.165) is 29.5 Å². The summed E-state index contributed by atoms with van der Waals surface area (Å²) in [5.41, 5.74) is 10.4. The van der Waals surface area contributed by atoms with E-state index < -0.39 is 12.3 Å². The molecule has 0 bridgehead atoms. The molecule has 4 aromatic rings. The highest BCUT2D eigenvalue weighted by atomic mass is 14.9. The molecule has 3 aromatic carbocycles. The second-order valence-corrected chi connectivity index (χ2v) is 10.9. The first-order valence-corrected chi connectivity index (χ1v) is 12.9. The molecule has 1 spiro atoms. The highest BCUT2D eigenvalue weighted by Crippen LogP contribution is 2.57. The summed E-state index contributed by atoms with van der Waals surface area (Å²) in [6, 6.07) is 25.8. The van der Waals surface area contributed by atoms with Crippen LogP contribution >= 0.6 is 0 Å². The Labute approximate surface area is 214 Å². The van der Waals surface area contributed by atoms with Crippen molar-refractivity contribution >= 4 is 0 Å². The maximum Gasteiger partial charge on any atom is 0.213 e. The quantitative estimate of drug-likeness (QED) is 0.267. The van der Waals surface area contributed by atoms with Crippen LogP contribution in [-0.2, 0) is 17.9 Å². The SMILES string of the molecule is [2H]C([2H])([2H])C1(C)c2ccccc2C2(CCCC2)c2cc(-c3cc(-c4ccccc4C)[n+](C)cc3C)ccc21. The lowest BCUT2D eigenvalue weighted by molar-refractivity contribution is -0.660. The lowest BCUT2D eigenvalue weighted by Gasteiger charge is -2.46. The number of aryl methyl sites for hydroxylation is 3. The van der Waals surface area contributed by atoms with Crippen molar-refractivity contribution in [2.75, 3.05) is 0 Å². The van der Waals surface area contributed by atoms with Gasteiger partial charge in [-0.3, -0.25) is 0 Å². The Morgan fingerprint density at radius 3 is 2.17 bits per heavy atom. The molecule has 0 aliphatic heterocycles. The van der Waals surface area contributed by atoms with Crippen LogP contribution in [-0.4, -0.2) is 0 Å². The summed E-state index contributed by atoms with van der Waals surface area (Å²) < 4.78 is 28.3. The summed E-state index contributed by atoms with van der Waals surface area (Å²) in [4.78, 5) is 0. The first kappa shape index (κ1) is 19.1. The van der Waals surface area contributed by atoms with E-state index in [1.807, 2.05) is 13.0 Å². The number of pyridine rings is 1. The summed E-state index contributed by atoms with van der Waals surface area (Å²) in [7, 11) is 2.11. The lowest BCUT2D eigenvalue weighted by Crippen LogP contribution is -2.38. The van der Waals surface area contributed by atoms with Crippen molar-refractivity contribution in [3.05, 3.63) is 112 Å². The first-order valence-electron chi connectivity index (χ1n) is 14.4. The Morgan fingerprint density at radius 2 is 1.43 bits per heavy atom. The van der Waals surface area contributed by atoms with Crippen molar-refractivity contribution in [1.82, 2.24) is 0 Å². The molecule has 1 saturated carbocycles. The summed E-state index contributed by atoms with van der Waals surface area (Å²) in [6.07, 6.45) is 6.67. The third kappa shape index (κ3) is 3.24. The van der Waals surface area contributed by atoms with E-state index in [0.29, 0.717) is 0 Å². The van der Waals surface area contributed by atoms with Crippen LogP contribution < -0.4 is 4.57 Å². The van der Waals surface area contributed by atoms with Gasteiger partial charge in [-0.1, -0.05) is 81.2 Å². The summed E-state index contributed by atoms with van der Waals surface area (Å²) in [6.45, 7) is 4.10. The van der Waals surface area contributed by atoms with Crippen LogP contribution in [0.3, 0.4) is 0 Å². The van der Waals surface area contributed by atoms with Gasteiger partial charge in [0.15, 0.2) is 6.20 Å². The lowest BCUT2D eigenvalue weighted by atomic mass is 9.57. The third-order valence-corrected chi connectivity index (χ3v) is 8.72. The zero-order chi connectivity index (χ0) is 26.9. The van der Waals surface area contributed by atoms with E-state index in [1.54, 1.807) is 0 Å². The fourth-order valence-corrected chi connectivity index (χ4v) is 6.91. The van der Waals surface area contributed by atoms with E-state index in [9.17, 15) is 0 Å².